The standard InChI is InChI=1S/C18H19F3N2O4S.C12H17NO2.C6H3ClF3NO2S.2CH4/c1-3-12(10-17(24)27-2)13-5-4-6-15(9-13)23-28(25,26)16-8-7-14(11-22-16)18(19,20)21;1-3-9(8-12(14)15-2)10-5-4-6-11(13)7-10;7-14(12,13)5-2-1-4(3-11-5)6(8,9)10;;/h4-9,11-12,23H,3,10H2,1-2H3;4-7,9H,3,8,13H2,1-2H3;1-3H;2*1H4. The Bertz CT molecular complexity index is 2160. The predicted octanol–water partition coefficient (Wildman–Crippen LogP) is 9.58. The number of nitrogens with two attached hydrogens (primary N) is 1. The molecule has 328 valence electrons. The van der Waals surface area contributed by atoms with Gasteiger partial charge in [0.2, 0.25) is 0 Å². The number of alkyl halides is 6. The molecule has 12 nitrogen and oxygen atoms in total. The summed E-state index contributed by atoms with van der Waals surface area (Å²) in [5.41, 5.74) is 6.41. The molecule has 0 bridgehead atoms. The maximum Gasteiger partial charge on any atom is 0.417 e. The first kappa shape index (κ1) is 54.0. The Hall–Kier alpha value is -4.95. The highest BCUT2D eigenvalue weighted by Crippen LogP contribution is 2.31. The minimum atomic E-state index is -4.61. The van der Waals surface area contributed by atoms with Crippen LogP contribution in [0.15, 0.2) is 95.2 Å². The van der Waals surface area contributed by atoms with E-state index in [1.54, 1.807) is 18.2 Å². The number of anilines is 2. The fourth-order valence-electron chi connectivity index (χ4n) is 4.84. The van der Waals surface area contributed by atoms with E-state index in [2.05, 4.69) is 31.1 Å². The molecule has 21 heteroatoms. The van der Waals surface area contributed by atoms with E-state index in [1.807, 2.05) is 31.2 Å². The van der Waals surface area contributed by atoms with Crippen molar-refractivity contribution < 1.29 is 62.2 Å². The van der Waals surface area contributed by atoms with Crippen molar-refractivity contribution >= 4 is 53.1 Å². The fourth-order valence-corrected chi connectivity index (χ4v) is 6.50. The van der Waals surface area contributed by atoms with Crippen LogP contribution >= 0.6 is 10.7 Å². The van der Waals surface area contributed by atoms with E-state index in [0.717, 1.165) is 29.3 Å². The summed E-state index contributed by atoms with van der Waals surface area (Å²) in [6.07, 6.45) is -6.18. The molecule has 2 aromatic carbocycles. The molecule has 2 atom stereocenters. The first-order valence-electron chi connectivity index (χ1n) is 16.6. The summed E-state index contributed by atoms with van der Waals surface area (Å²) in [6.45, 7) is 3.94. The molecule has 4 aromatic rings. The summed E-state index contributed by atoms with van der Waals surface area (Å²) in [5, 5.41) is -1.14. The highest BCUT2D eigenvalue weighted by molar-refractivity contribution is 8.13. The number of ether oxygens (including phenoxy) is 2. The molecule has 0 aliphatic carbocycles. The van der Waals surface area contributed by atoms with Crippen molar-refractivity contribution in [3.63, 3.8) is 0 Å². The van der Waals surface area contributed by atoms with Crippen LogP contribution in [0.3, 0.4) is 0 Å². The average Bonchev–Trinajstić information content (AvgIpc) is 3.15. The van der Waals surface area contributed by atoms with E-state index >= 15 is 0 Å². The van der Waals surface area contributed by atoms with Crippen molar-refractivity contribution in [2.75, 3.05) is 24.7 Å². The number of esters is 2. The summed E-state index contributed by atoms with van der Waals surface area (Å²) in [7, 11) is -0.691. The van der Waals surface area contributed by atoms with Crippen molar-refractivity contribution in [1.82, 2.24) is 9.97 Å². The number of halogens is 7. The molecule has 0 saturated heterocycles. The van der Waals surface area contributed by atoms with Gasteiger partial charge in [0.05, 0.1) is 38.2 Å². The minimum Gasteiger partial charge on any atom is -0.469 e. The number of aromatic nitrogens is 2. The lowest BCUT2D eigenvalue weighted by molar-refractivity contribution is -0.142. The molecule has 2 unspecified atom stereocenters. The van der Waals surface area contributed by atoms with Gasteiger partial charge in [-0.15, -0.1) is 0 Å². The summed E-state index contributed by atoms with van der Waals surface area (Å²) in [5.74, 6) is -0.530. The van der Waals surface area contributed by atoms with Crippen LogP contribution in [0.1, 0.15) is 88.5 Å². The molecule has 0 radical (unpaired) electrons. The molecule has 0 amide bonds. The quantitative estimate of drug-likeness (QED) is 0.0597. The highest BCUT2D eigenvalue weighted by atomic mass is 35.7. The van der Waals surface area contributed by atoms with Gasteiger partial charge < -0.3 is 15.2 Å². The Labute approximate surface area is 345 Å². The van der Waals surface area contributed by atoms with Crippen LogP contribution < -0.4 is 10.5 Å². The molecule has 0 aliphatic heterocycles. The number of pyridine rings is 2. The first-order valence-corrected chi connectivity index (χ1v) is 20.4. The van der Waals surface area contributed by atoms with E-state index in [1.165, 1.54) is 20.3 Å². The number of hydrogen-bond donors (Lipinski definition) is 2. The molecule has 0 fully saturated rings. The Kier molecular flexibility index (Phi) is 21.6. The van der Waals surface area contributed by atoms with Crippen LogP contribution in [-0.4, -0.2) is 53.0 Å². The van der Waals surface area contributed by atoms with Crippen LogP contribution in [0.25, 0.3) is 0 Å². The Morgan fingerprint density at radius 2 is 1.14 bits per heavy atom. The molecular formula is C38H47ClF6N4O8S2. The molecule has 3 N–H and O–H groups in total. The second kappa shape index (κ2) is 23.6. The largest absolute Gasteiger partial charge is 0.469 e. The molecule has 59 heavy (non-hydrogen) atoms. The lowest BCUT2D eigenvalue weighted by Gasteiger charge is -2.16. The first-order chi connectivity index (χ1) is 26.4. The molecule has 0 aliphatic rings. The lowest BCUT2D eigenvalue weighted by Crippen LogP contribution is -2.16. The Balaban J connectivity index is 0.000000921. The second-order valence-electron chi connectivity index (χ2n) is 11.9. The van der Waals surface area contributed by atoms with Crippen molar-refractivity contribution in [3.05, 3.63) is 107 Å². The van der Waals surface area contributed by atoms with Crippen LogP contribution in [0, 0.1) is 0 Å². The third-order valence-electron chi connectivity index (χ3n) is 7.91. The lowest BCUT2D eigenvalue weighted by atomic mass is 9.93. The minimum absolute atomic E-state index is 0. The van der Waals surface area contributed by atoms with Gasteiger partial charge in [-0.1, -0.05) is 53.0 Å². The van der Waals surface area contributed by atoms with Gasteiger partial charge >= 0.3 is 24.3 Å². The summed E-state index contributed by atoms with van der Waals surface area (Å²) in [6, 6.07) is 16.8. The third-order valence-corrected chi connectivity index (χ3v) is 10.4. The number of nitrogen functional groups attached to an aromatic ring is 1. The van der Waals surface area contributed by atoms with Crippen LogP contribution in [0.2, 0.25) is 0 Å². The fraction of sp³-hybridized carbons (Fsp3) is 0.368. The number of benzene rings is 2. The number of carbonyl (C=O) groups excluding carboxylic acids is 2. The number of carbonyl (C=O) groups is 2. The molecule has 2 heterocycles. The summed E-state index contributed by atoms with van der Waals surface area (Å²) >= 11 is 0. The van der Waals surface area contributed by atoms with E-state index in [-0.39, 0.29) is 50.7 Å². The third kappa shape index (κ3) is 17.8. The predicted molar refractivity (Wildman–Crippen MR) is 212 cm³/mol. The number of methoxy groups -OCH3 is 2. The number of nitrogens with one attached hydrogen (secondary N) is 1. The van der Waals surface area contributed by atoms with Crippen LogP contribution in [0.5, 0.6) is 0 Å². The van der Waals surface area contributed by atoms with E-state index < -0.39 is 52.6 Å². The topological polar surface area (TPSA) is 185 Å². The van der Waals surface area contributed by atoms with Gasteiger partial charge in [0.25, 0.3) is 19.1 Å². The number of sulfonamides is 1. The van der Waals surface area contributed by atoms with Gasteiger partial charge in [0, 0.05) is 34.5 Å². The van der Waals surface area contributed by atoms with E-state index in [9.17, 15) is 52.8 Å². The smallest absolute Gasteiger partial charge is 0.417 e. The van der Waals surface area contributed by atoms with Gasteiger partial charge in [0.15, 0.2) is 10.1 Å². The van der Waals surface area contributed by atoms with E-state index in [0.29, 0.717) is 43.4 Å². The van der Waals surface area contributed by atoms with Gasteiger partial charge in [-0.05, 0) is 84.3 Å². The molecule has 0 saturated carbocycles. The number of rotatable bonds is 12. The zero-order chi connectivity index (χ0) is 43.2. The van der Waals surface area contributed by atoms with Crippen LogP contribution in [-0.2, 0) is 50.5 Å². The van der Waals surface area contributed by atoms with Gasteiger partial charge in [0.1, 0.15) is 0 Å². The van der Waals surface area contributed by atoms with Gasteiger partial charge in [-0.2, -0.15) is 34.8 Å². The zero-order valence-electron chi connectivity index (χ0n) is 30.8. The summed E-state index contributed by atoms with van der Waals surface area (Å²) in [4.78, 5) is 29.2. The van der Waals surface area contributed by atoms with Gasteiger partial charge in [-0.3, -0.25) is 14.3 Å². The molecule has 0 spiro atoms. The van der Waals surface area contributed by atoms with Gasteiger partial charge in [-0.25, -0.2) is 18.4 Å². The van der Waals surface area contributed by atoms with Crippen molar-refractivity contribution in [1.29, 1.82) is 0 Å². The normalized spacial score (nSPS) is 12.3. The van der Waals surface area contributed by atoms with Crippen molar-refractivity contribution in [2.24, 2.45) is 0 Å². The monoisotopic (exact) mass is 900 g/mol. The highest BCUT2D eigenvalue weighted by Gasteiger charge is 2.32. The van der Waals surface area contributed by atoms with Crippen molar-refractivity contribution in [2.45, 2.75) is 88.6 Å². The molecule has 2 aromatic heterocycles. The average molecular weight is 901 g/mol. The Morgan fingerprint density at radius 3 is 1.49 bits per heavy atom. The number of nitrogens with zero attached hydrogens (tertiary/aromatic N) is 2. The Morgan fingerprint density at radius 1 is 0.712 bits per heavy atom. The van der Waals surface area contributed by atoms with E-state index in [4.69, 9.17) is 16.4 Å². The summed E-state index contributed by atoms with van der Waals surface area (Å²) < 4.78 is 131. The van der Waals surface area contributed by atoms with Crippen molar-refractivity contribution in [3.8, 4) is 0 Å². The number of hydrogen-bond acceptors (Lipinski definition) is 11. The molecule has 4 rings (SSSR count). The maximum absolute atomic E-state index is 12.6. The zero-order valence-corrected chi connectivity index (χ0v) is 33.2. The maximum atomic E-state index is 12.6. The molecular weight excluding hydrogens is 854 g/mol. The SMILES string of the molecule is C.C.CCC(CC(=O)OC)c1cccc(N)c1.CCC(CC(=O)OC)c1cccc(NS(=O)(=O)c2ccc(C(F)(F)F)cn2)c1.O=S(=O)(Cl)c1ccc(C(F)(F)F)cn1. The second-order valence-corrected chi connectivity index (χ2v) is 16.0. The van der Waals surface area contributed by atoms with Crippen LogP contribution in [0.4, 0.5) is 37.7 Å².